The van der Waals surface area contributed by atoms with Gasteiger partial charge in [0.1, 0.15) is 11.6 Å². The van der Waals surface area contributed by atoms with E-state index in [0.717, 1.165) is 38.0 Å². The van der Waals surface area contributed by atoms with E-state index in [1.165, 1.54) is 0 Å². The minimum Gasteiger partial charge on any atom is -0.381 e. The zero-order valence-electron chi connectivity index (χ0n) is 14.0. The van der Waals surface area contributed by atoms with E-state index in [4.69, 9.17) is 4.74 Å². The van der Waals surface area contributed by atoms with Crippen LogP contribution in [0.4, 0.5) is 8.78 Å². The van der Waals surface area contributed by atoms with Gasteiger partial charge in [0.2, 0.25) is 5.91 Å². The van der Waals surface area contributed by atoms with Crippen molar-refractivity contribution in [2.75, 3.05) is 26.3 Å². The Kier molecular flexibility index (Phi) is 5.63. The van der Waals surface area contributed by atoms with E-state index >= 15 is 0 Å². The standard InChI is InChI=1S/C18H22F2N2O3/c19-13-1-4-15(16(20)9-13)18(24)21-7-5-17(23)22(14-2-3-14)10-12-6-8-25-11-12/h1,4,9,12,14H,2-3,5-8,10-11H2,(H,21,24). The second kappa shape index (κ2) is 7.91. The summed E-state index contributed by atoms with van der Waals surface area (Å²) < 4.78 is 31.8. The summed E-state index contributed by atoms with van der Waals surface area (Å²) in [5, 5.41) is 2.52. The SMILES string of the molecule is O=C(NCCC(=O)N(CC1CCOC1)C1CC1)c1ccc(F)cc1F. The predicted octanol–water partition coefficient (Wildman–Crippen LogP) is 2.11. The number of nitrogens with one attached hydrogen (secondary N) is 1. The van der Waals surface area contributed by atoms with E-state index < -0.39 is 17.5 Å². The summed E-state index contributed by atoms with van der Waals surface area (Å²) in [6, 6.07) is 3.09. The van der Waals surface area contributed by atoms with Gasteiger partial charge in [-0.1, -0.05) is 0 Å². The highest BCUT2D eigenvalue weighted by molar-refractivity contribution is 5.94. The first-order chi connectivity index (χ1) is 12.0. The van der Waals surface area contributed by atoms with E-state index in [-0.39, 0.29) is 24.4 Å². The Morgan fingerprint density at radius 1 is 1.24 bits per heavy atom. The third-order valence-electron chi connectivity index (χ3n) is 4.59. The molecule has 0 bridgehead atoms. The van der Waals surface area contributed by atoms with Crippen LogP contribution in [0.1, 0.15) is 36.0 Å². The number of rotatable bonds is 7. The molecule has 1 aliphatic heterocycles. The Morgan fingerprint density at radius 2 is 2.04 bits per heavy atom. The van der Waals surface area contributed by atoms with Crippen LogP contribution in [0.3, 0.4) is 0 Å². The fraction of sp³-hybridized carbons (Fsp3) is 0.556. The van der Waals surface area contributed by atoms with Crippen LogP contribution in [-0.4, -0.2) is 49.1 Å². The Hall–Kier alpha value is -2.02. The van der Waals surface area contributed by atoms with E-state index in [1.54, 1.807) is 0 Å². The number of carbonyl (C=O) groups is 2. The monoisotopic (exact) mass is 352 g/mol. The second-order valence-corrected chi connectivity index (χ2v) is 6.64. The number of ether oxygens (including phenoxy) is 1. The quantitative estimate of drug-likeness (QED) is 0.818. The number of nitrogens with zero attached hydrogens (tertiary/aromatic N) is 1. The molecule has 1 aromatic carbocycles. The van der Waals surface area contributed by atoms with Gasteiger partial charge in [-0.05, 0) is 31.4 Å². The number of carbonyl (C=O) groups excluding carboxylic acids is 2. The lowest BCUT2D eigenvalue weighted by molar-refractivity contribution is -0.132. The molecule has 1 aromatic rings. The summed E-state index contributed by atoms with van der Waals surface area (Å²) in [4.78, 5) is 26.3. The summed E-state index contributed by atoms with van der Waals surface area (Å²) in [5.74, 6) is -1.92. The molecule has 1 heterocycles. The van der Waals surface area contributed by atoms with Gasteiger partial charge in [-0.15, -0.1) is 0 Å². The molecule has 1 atom stereocenters. The summed E-state index contributed by atoms with van der Waals surface area (Å²) in [6.45, 7) is 2.26. The largest absolute Gasteiger partial charge is 0.381 e. The van der Waals surface area contributed by atoms with Gasteiger partial charge in [-0.3, -0.25) is 9.59 Å². The van der Waals surface area contributed by atoms with Crippen LogP contribution in [0.2, 0.25) is 0 Å². The number of hydrogen-bond acceptors (Lipinski definition) is 3. The molecule has 3 rings (SSSR count). The van der Waals surface area contributed by atoms with Gasteiger partial charge in [0.25, 0.3) is 5.91 Å². The minimum absolute atomic E-state index is 0.00530. The Morgan fingerprint density at radius 3 is 2.68 bits per heavy atom. The average molecular weight is 352 g/mol. The van der Waals surface area contributed by atoms with Crippen LogP contribution in [0.5, 0.6) is 0 Å². The van der Waals surface area contributed by atoms with Crippen molar-refractivity contribution in [2.45, 2.75) is 31.7 Å². The molecule has 2 aliphatic rings. The Bertz CT molecular complexity index is 643. The molecule has 1 N–H and O–H groups in total. The molecule has 5 nitrogen and oxygen atoms in total. The van der Waals surface area contributed by atoms with Gasteiger partial charge in [0.05, 0.1) is 12.2 Å². The Balaban J connectivity index is 1.48. The normalized spacial score (nSPS) is 19.7. The molecular weight excluding hydrogens is 330 g/mol. The maximum atomic E-state index is 13.6. The van der Waals surface area contributed by atoms with E-state index in [0.29, 0.717) is 31.2 Å². The molecule has 7 heteroatoms. The molecule has 1 unspecified atom stereocenters. The van der Waals surface area contributed by atoms with Crippen LogP contribution in [0.25, 0.3) is 0 Å². The predicted molar refractivity (Wildman–Crippen MR) is 87.0 cm³/mol. The van der Waals surface area contributed by atoms with E-state index in [2.05, 4.69) is 5.32 Å². The van der Waals surface area contributed by atoms with Crippen LogP contribution >= 0.6 is 0 Å². The lowest BCUT2D eigenvalue weighted by Gasteiger charge is -2.25. The average Bonchev–Trinajstić information content (AvgIpc) is 3.28. The maximum absolute atomic E-state index is 13.6. The number of halogens is 2. The molecule has 1 saturated carbocycles. The summed E-state index contributed by atoms with van der Waals surface area (Å²) in [5.41, 5.74) is -0.226. The van der Waals surface area contributed by atoms with E-state index in [9.17, 15) is 18.4 Å². The first-order valence-electron chi connectivity index (χ1n) is 8.65. The van der Waals surface area contributed by atoms with E-state index in [1.807, 2.05) is 4.90 Å². The molecule has 2 fully saturated rings. The van der Waals surface area contributed by atoms with Gasteiger partial charge < -0.3 is 15.0 Å². The van der Waals surface area contributed by atoms with Gasteiger partial charge in [-0.2, -0.15) is 0 Å². The van der Waals surface area contributed by atoms with Crippen molar-refractivity contribution in [1.29, 1.82) is 0 Å². The van der Waals surface area contributed by atoms with Gasteiger partial charge in [-0.25, -0.2) is 8.78 Å². The van der Waals surface area contributed by atoms with Gasteiger partial charge in [0, 0.05) is 44.1 Å². The lowest BCUT2D eigenvalue weighted by Crippen LogP contribution is -2.39. The van der Waals surface area contributed by atoms with Crippen molar-refractivity contribution in [2.24, 2.45) is 5.92 Å². The highest BCUT2D eigenvalue weighted by Gasteiger charge is 2.34. The van der Waals surface area contributed by atoms with Gasteiger partial charge in [0.15, 0.2) is 0 Å². The second-order valence-electron chi connectivity index (χ2n) is 6.64. The summed E-state index contributed by atoms with van der Waals surface area (Å²) in [6.07, 6.45) is 3.18. The van der Waals surface area contributed by atoms with Crippen LogP contribution in [0.15, 0.2) is 18.2 Å². The zero-order chi connectivity index (χ0) is 17.8. The van der Waals surface area contributed by atoms with Crippen molar-refractivity contribution < 1.29 is 23.1 Å². The first kappa shape index (κ1) is 17.8. The Labute approximate surface area is 145 Å². The third-order valence-corrected chi connectivity index (χ3v) is 4.59. The fourth-order valence-electron chi connectivity index (χ4n) is 3.04. The third kappa shape index (κ3) is 4.75. The molecule has 25 heavy (non-hydrogen) atoms. The fourth-order valence-corrected chi connectivity index (χ4v) is 3.04. The summed E-state index contributed by atoms with van der Waals surface area (Å²) >= 11 is 0. The van der Waals surface area contributed by atoms with Crippen molar-refractivity contribution >= 4 is 11.8 Å². The topological polar surface area (TPSA) is 58.6 Å². The molecule has 1 aliphatic carbocycles. The van der Waals surface area contributed by atoms with Crippen molar-refractivity contribution in [3.8, 4) is 0 Å². The summed E-state index contributed by atoms with van der Waals surface area (Å²) in [7, 11) is 0. The van der Waals surface area contributed by atoms with Crippen LogP contribution in [0, 0.1) is 17.6 Å². The van der Waals surface area contributed by atoms with Crippen molar-refractivity contribution in [1.82, 2.24) is 10.2 Å². The molecule has 0 spiro atoms. The highest BCUT2D eigenvalue weighted by Crippen LogP contribution is 2.29. The smallest absolute Gasteiger partial charge is 0.254 e. The molecular formula is C18H22F2N2O3. The number of hydrogen-bond donors (Lipinski definition) is 1. The zero-order valence-corrected chi connectivity index (χ0v) is 14.0. The van der Waals surface area contributed by atoms with Gasteiger partial charge >= 0.3 is 0 Å². The van der Waals surface area contributed by atoms with Crippen molar-refractivity contribution in [3.63, 3.8) is 0 Å². The lowest BCUT2D eigenvalue weighted by atomic mass is 10.1. The highest BCUT2D eigenvalue weighted by atomic mass is 19.1. The van der Waals surface area contributed by atoms with Crippen molar-refractivity contribution in [3.05, 3.63) is 35.4 Å². The molecule has 1 saturated heterocycles. The maximum Gasteiger partial charge on any atom is 0.254 e. The minimum atomic E-state index is -0.912. The van der Waals surface area contributed by atoms with Crippen LogP contribution < -0.4 is 5.32 Å². The number of amides is 2. The molecule has 136 valence electrons. The van der Waals surface area contributed by atoms with Crippen LogP contribution in [-0.2, 0) is 9.53 Å². The number of benzene rings is 1. The first-order valence-corrected chi connectivity index (χ1v) is 8.65. The molecule has 0 radical (unpaired) electrons. The molecule has 2 amide bonds. The molecule has 0 aromatic heterocycles.